The number of rotatable bonds is 4. The number of nitrogens with one attached hydrogen (secondary N) is 1. The Kier molecular flexibility index (Phi) is 3.88. The van der Waals surface area contributed by atoms with Gasteiger partial charge in [-0.1, -0.05) is 0 Å². The second-order valence-electron chi connectivity index (χ2n) is 4.67. The minimum atomic E-state index is -1.20. The van der Waals surface area contributed by atoms with E-state index in [4.69, 9.17) is 0 Å². The lowest BCUT2D eigenvalue weighted by molar-refractivity contribution is -0.387. The Morgan fingerprint density at radius 2 is 2.00 bits per heavy atom. The van der Waals surface area contributed by atoms with Crippen molar-refractivity contribution < 1.29 is 13.7 Å². The Balaban J connectivity index is 2.28. The van der Waals surface area contributed by atoms with E-state index in [1.807, 2.05) is 13.8 Å². The Bertz CT molecular complexity index is 713. The van der Waals surface area contributed by atoms with Gasteiger partial charge < -0.3 is 5.32 Å². The summed E-state index contributed by atoms with van der Waals surface area (Å²) >= 11 is 0. The minimum Gasteiger partial charge on any atom is -0.378 e. The zero-order valence-corrected chi connectivity index (χ0v) is 11.8. The zero-order valence-electron chi connectivity index (χ0n) is 11.8. The molecule has 0 saturated carbocycles. The quantitative estimate of drug-likeness (QED) is 0.695. The molecule has 0 atom stereocenters. The van der Waals surface area contributed by atoms with E-state index < -0.39 is 22.2 Å². The van der Waals surface area contributed by atoms with Crippen LogP contribution in [-0.4, -0.2) is 14.7 Å². The molecule has 2 rings (SSSR count). The summed E-state index contributed by atoms with van der Waals surface area (Å²) in [6, 6.07) is 1.36. The maximum absolute atomic E-state index is 13.7. The van der Waals surface area contributed by atoms with Crippen molar-refractivity contribution in [1.29, 1.82) is 0 Å². The highest BCUT2D eigenvalue weighted by molar-refractivity contribution is 5.53. The summed E-state index contributed by atoms with van der Waals surface area (Å²) in [5.74, 6) is -2.07. The number of nitro groups is 1. The number of nitrogens with zero attached hydrogens (tertiary/aromatic N) is 3. The van der Waals surface area contributed by atoms with Gasteiger partial charge in [-0.15, -0.1) is 0 Å². The van der Waals surface area contributed by atoms with Crippen LogP contribution < -0.4 is 5.32 Å². The van der Waals surface area contributed by atoms with Gasteiger partial charge in [-0.25, -0.2) is 4.39 Å². The van der Waals surface area contributed by atoms with Crippen molar-refractivity contribution in [2.24, 2.45) is 7.05 Å². The predicted octanol–water partition coefficient (Wildman–Crippen LogP) is 2.84. The highest BCUT2D eigenvalue weighted by Gasteiger charge is 2.19. The van der Waals surface area contributed by atoms with E-state index in [0.717, 1.165) is 23.0 Å². The van der Waals surface area contributed by atoms with E-state index in [1.165, 1.54) is 0 Å². The number of benzene rings is 1. The molecule has 0 aliphatic carbocycles. The van der Waals surface area contributed by atoms with Crippen molar-refractivity contribution in [3.63, 3.8) is 0 Å². The molecule has 0 amide bonds. The van der Waals surface area contributed by atoms with Gasteiger partial charge in [-0.2, -0.15) is 9.49 Å². The van der Waals surface area contributed by atoms with Crippen molar-refractivity contribution >= 4 is 11.4 Å². The summed E-state index contributed by atoms with van der Waals surface area (Å²) < 4.78 is 28.6. The first-order valence-corrected chi connectivity index (χ1v) is 6.17. The largest absolute Gasteiger partial charge is 0.378 e. The van der Waals surface area contributed by atoms with Crippen molar-refractivity contribution in [2.75, 3.05) is 5.32 Å². The molecule has 0 fully saturated rings. The minimum absolute atomic E-state index is 0.120. The van der Waals surface area contributed by atoms with Gasteiger partial charge >= 0.3 is 5.69 Å². The molecular formula is C13H14F2N4O2. The molecule has 112 valence electrons. The molecule has 0 bridgehead atoms. The Morgan fingerprint density at radius 1 is 1.33 bits per heavy atom. The number of aryl methyl sites for hydroxylation is 2. The van der Waals surface area contributed by atoms with Gasteiger partial charge in [0.15, 0.2) is 0 Å². The summed E-state index contributed by atoms with van der Waals surface area (Å²) in [5.41, 5.74) is 1.66. The van der Waals surface area contributed by atoms with Crippen molar-refractivity contribution in [3.05, 3.63) is 50.8 Å². The molecular weight excluding hydrogens is 282 g/mol. The maximum atomic E-state index is 13.7. The molecule has 8 heteroatoms. The van der Waals surface area contributed by atoms with E-state index in [1.54, 1.807) is 11.7 Å². The van der Waals surface area contributed by atoms with E-state index in [2.05, 4.69) is 10.4 Å². The van der Waals surface area contributed by atoms with Crippen molar-refractivity contribution in [3.8, 4) is 0 Å². The lowest BCUT2D eigenvalue weighted by Gasteiger charge is -2.08. The van der Waals surface area contributed by atoms with Gasteiger partial charge in [0.2, 0.25) is 5.82 Å². The number of hydrogen-bond acceptors (Lipinski definition) is 4. The molecule has 1 heterocycles. The molecule has 1 aromatic heterocycles. The SMILES string of the molecule is Cc1nn(C)c(C)c1CNc1cc([N+](=O)[O-])c(F)cc1F. The summed E-state index contributed by atoms with van der Waals surface area (Å²) in [7, 11) is 1.79. The zero-order chi connectivity index (χ0) is 15.7. The van der Waals surface area contributed by atoms with Gasteiger partial charge in [0, 0.05) is 37.0 Å². The van der Waals surface area contributed by atoms with Crippen LogP contribution in [0.1, 0.15) is 17.0 Å². The molecule has 1 N–H and O–H groups in total. The molecule has 0 aliphatic heterocycles. The topological polar surface area (TPSA) is 73.0 Å². The molecule has 0 saturated heterocycles. The third kappa shape index (κ3) is 2.83. The van der Waals surface area contributed by atoms with Crippen LogP contribution in [0, 0.1) is 35.6 Å². The molecule has 2 aromatic rings. The van der Waals surface area contributed by atoms with E-state index in [-0.39, 0.29) is 12.2 Å². The fraction of sp³-hybridized carbons (Fsp3) is 0.308. The van der Waals surface area contributed by atoms with E-state index in [9.17, 15) is 18.9 Å². The second-order valence-corrected chi connectivity index (χ2v) is 4.67. The highest BCUT2D eigenvalue weighted by atomic mass is 19.1. The smallest absolute Gasteiger partial charge is 0.307 e. The summed E-state index contributed by atoms with van der Waals surface area (Å²) in [4.78, 5) is 9.78. The van der Waals surface area contributed by atoms with E-state index >= 15 is 0 Å². The fourth-order valence-electron chi connectivity index (χ4n) is 2.07. The van der Waals surface area contributed by atoms with Crippen LogP contribution in [-0.2, 0) is 13.6 Å². The number of halogens is 2. The van der Waals surface area contributed by atoms with Gasteiger partial charge in [0.1, 0.15) is 5.82 Å². The maximum Gasteiger partial charge on any atom is 0.307 e. The number of nitro benzene ring substituents is 1. The number of aromatic nitrogens is 2. The monoisotopic (exact) mass is 296 g/mol. The number of anilines is 1. The molecule has 1 aromatic carbocycles. The average molecular weight is 296 g/mol. The van der Waals surface area contributed by atoms with Crippen LogP contribution in [0.5, 0.6) is 0 Å². The fourth-order valence-corrected chi connectivity index (χ4v) is 2.07. The molecule has 0 radical (unpaired) electrons. The second kappa shape index (κ2) is 5.47. The van der Waals surface area contributed by atoms with Crippen molar-refractivity contribution in [1.82, 2.24) is 9.78 Å². The van der Waals surface area contributed by atoms with E-state index in [0.29, 0.717) is 6.07 Å². The van der Waals surface area contributed by atoms with Crippen LogP contribution in [0.25, 0.3) is 0 Å². The lowest BCUT2D eigenvalue weighted by Crippen LogP contribution is -2.05. The van der Waals surface area contributed by atoms with Gasteiger partial charge in [0.25, 0.3) is 0 Å². The van der Waals surface area contributed by atoms with Gasteiger partial charge in [0.05, 0.1) is 16.3 Å². The summed E-state index contributed by atoms with van der Waals surface area (Å²) in [5, 5.41) is 17.6. The normalized spacial score (nSPS) is 10.7. The Hall–Kier alpha value is -2.51. The first kappa shape index (κ1) is 14.9. The highest BCUT2D eigenvalue weighted by Crippen LogP contribution is 2.26. The molecule has 21 heavy (non-hydrogen) atoms. The summed E-state index contributed by atoms with van der Waals surface area (Å²) in [6.45, 7) is 3.92. The predicted molar refractivity (Wildman–Crippen MR) is 73.0 cm³/mol. The molecule has 6 nitrogen and oxygen atoms in total. The Labute approximate surface area is 119 Å². The van der Waals surface area contributed by atoms with Crippen molar-refractivity contribution in [2.45, 2.75) is 20.4 Å². The first-order chi connectivity index (χ1) is 9.81. The van der Waals surface area contributed by atoms with Crippen LogP contribution in [0.3, 0.4) is 0 Å². The average Bonchev–Trinajstić information content (AvgIpc) is 2.62. The van der Waals surface area contributed by atoms with Gasteiger partial charge in [-0.05, 0) is 13.8 Å². The van der Waals surface area contributed by atoms with Crippen LogP contribution in [0.2, 0.25) is 0 Å². The Morgan fingerprint density at radius 3 is 2.52 bits per heavy atom. The molecule has 0 spiro atoms. The van der Waals surface area contributed by atoms with Crippen LogP contribution in [0.4, 0.5) is 20.2 Å². The molecule has 0 aliphatic rings. The molecule has 0 unspecified atom stereocenters. The third-order valence-corrected chi connectivity index (χ3v) is 3.35. The third-order valence-electron chi connectivity index (χ3n) is 3.35. The standard InChI is InChI=1S/C13H14F2N4O2/c1-7-9(8(2)18(3)17-7)6-16-12-5-13(19(20)21)11(15)4-10(12)14/h4-5,16H,6H2,1-3H3. The summed E-state index contributed by atoms with van der Waals surface area (Å²) in [6.07, 6.45) is 0. The first-order valence-electron chi connectivity index (χ1n) is 6.17. The van der Waals surface area contributed by atoms with Gasteiger partial charge in [-0.3, -0.25) is 14.8 Å². The number of hydrogen-bond donors (Lipinski definition) is 1. The van der Waals surface area contributed by atoms with Crippen LogP contribution in [0.15, 0.2) is 12.1 Å². The lowest BCUT2D eigenvalue weighted by atomic mass is 10.2. The van der Waals surface area contributed by atoms with Crippen LogP contribution >= 0.6 is 0 Å².